The third-order valence-electron chi connectivity index (χ3n) is 6.89. The Kier molecular flexibility index (Phi) is 6.70. The lowest BCUT2D eigenvalue weighted by molar-refractivity contribution is -0.180. The van der Waals surface area contributed by atoms with E-state index in [9.17, 15) is 4.79 Å². The van der Waals surface area contributed by atoms with Gasteiger partial charge in [0.2, 0.25) is 0 Å². The smallest absolute Gasteiger partial charge is 0.273 e. The number of amidine groups is 1. The molecule has 3 aliphatic heterocycles. The molecule has 5 rings (SSSR count). The molecular formula is C27H35N5O2S. The number of likely N-dealkylation sites (tertiary alicyclic amines) is 1. The molecule has 0 saturated carbocycles. The van der Waals surface area contributed by atoms with Crippen molar-refractivity contribution in [3.05, 3.63) is 51.2 Å². The van der Waals surface area contributed by atoms with Gasteiger partial charge in [-0.3, -0.25) is 14.5 Å². The van der Waals surface area contributed by atoms with E-state index in [-0.39, 0.29) is 5.91 Å². The van der Waals surface area contributed by atoms with Gasteiger partial charge in [0.1, 0.15) is 5.84 Å². The minimum Gasteiger partial charge on any atom is -0.387 e. The lowest BCUT2D eigenvalue weighted by Gasteiger charge is -2.61. The van der Waals surface area contributed by atoms with E-state index in [0.29, 0.717) is 36.4 Å². The van der Waals surface area contributed by atoms with Crippen molar-refractivity contribution >= 4 is 40.5 Å². The summed E-state index contributed by atoms with van der Waals surface area (Å²) in [4.78, 5) is 30.5. The van der Waals surface area contributed by atoms with Crippen LogP contribution in [-0.4, -0.2) is 61.0 Å². The molecule has 2 saturated heterocycles. The monoisotopic (exact) mass is 493 g/mol. The number of nitrogens with two attached hydrogens (primary N) is 1. The molecule has 4 heterocycles. The first-order valence-electron chi connectivity index (χ1n) is 12.5. The zero-order valence-electron chi connectivity index (χ0n) is 20.9. The Morgan fingerprint density at radius 2 is 1.94 bits per heavy atom. The molecule has 186 valence electrons. The van der Waals surface area contributed by atoms with Gasteiger partial charge < -0.3 is 10.6 Å². The Bertz CT molecular complexity index is 1130. The number of hydrogen-bond donors (Lipinski definition) is 1. The van der Waals surface area contributed by atoms with Gasteiger partial charge in [-0.25, -0.2) is 10.1 Å². The van der Waals surface area contributed by atoms with E-state index in [1.54, 1.807) is 11.3 Å². The van der Waals surface area contributed by atoms with Crippen molar-refractivity contribution in [1.82, 2.24) is 9.96 Å². The number of carbonyl (C=O) groups is 1. The molecule has 0 aliphatic carbocycles. The molecule has 35 heavy (non-hydrogen) atoms. The first kappa shape index (κ1) is 24.0. The first-order valence-corrected chi connectivity index (χ1v) is 13.3. The second-order valence-corrected chi connectivity index (χ2v) is 11.2. The average molecular weight is 494 g/mol. The fourth-order valence-corrected chi connectivity index (χ4v) is 6.44. The molecule has 1 aromatic heterocycles. The number of nitrogens with zero attached hydrogens (tertiary/aromatic N) is 4. The van der Waals surface area contributed by atoms with Crippen LogP contribution in [-0.2, 0) is 16.2 Å². The molecule has 0 bridgehead atoms. The minimum atomic E-state index is -0.123. The maximum Gasteiger partial charge on any atom is 0.273 e. The largest absolute Gasteiger partial charge is 0.387 e. The summed E-state index contributed by atoms with van der Waals surface area (Å²) in [6.45, 7) is 12.5. The molecule has 8 heteroatoms. The van der Waals surface area contributed by atoms with Crippen molar-refractivity contribution < 1.29 is 9.63 Å². The Balaban J connectivity index is 1.21. The van der Waals surface area contributed by atoms with Crippen molar-refractivity contribution in [2.24, 2.45) is 16.1 Å². The Labute approximate surface area is 211 Å². The minimum absolute atomic E-state index is 0.123. The summed E-state index contributed by atoms with van der Waals surface area (Å²) in [5.74, 6) is 0.344. The molecule has 1 amide bonds. The van der Waals surface area contributed by atoms with Crippen molar-refractivity contribution in [2.75, 3.05) is 44.2 Å². The van der Waals surface area contributed by atoms with E-state index in [0.717, 1.165) is 49.7 Å². The normalized spacial score (nSPS) is 18.8. The fourth-order valence-electron chi connectivity index (χ4n) is 5.33. The van der Waals surface area contributed by atoms with Gasteiger partial charge in [-0.05, 0) is 44.5 Å². The zero-order chi connectivity index (χ0) is 24.6. The number of aryl methyl sites for hydroxylation is 1. The summed E-state index contributed by atoms with van der Waals surface area (Å²) in [6, 6.07) is 11.0. The summed E-state index contributed by atoms with van der Waals surface area (Å²) < 4.78 is 0. The molecule has 3 aliphatic rings. The molecule has 0 radical (unpaired) electrons. The Hall–Kier alpha value is -2.68. The molecule has 2 N–H and O–H groups in total. The van der Waals surface area contributed by atoms with Gasteiger partial charge >= 0.3 is 0 Å². The number of rotatable bonds is 8. The molecular weight excluding hydrogens is 458 g/mol. The molecule has 0 unspecified atom stereocenters. The highest BCUT2D eigenvalue weighted by molar-refractivity contribution is 7.13. The molecule has 2 fully saturated rings. The number of carbonyl (C=O) groups excluding carboxylic acids is 1. The van der Waals surface area contributed by atoms with Crippen LogP contribution in [0, 0.1) is 12.3 Å². The molecule has 1 aromatic carbocycles. The highest BCUT2D eigenvalue weighted by atomic mass is 32.1. The van der Waals surface area contributed by atoms with Crippen LogP contribution in [0.15, 0.2) is 40.9 Å². The second-order valence-electron chi connectivity index (χ2n) is 10.1. The zero-order valence-corrected chi connectivity index (χ0v) is 21.7. The van der Waals surface area contributed by atoms with Gasteiger partial charge in [-0.2, -0.15) is 0 Å². The average Bonchev–Trinajstić information content (AvgIpc) is 3.07. The predicted octanol–water partition coefficient (Wildman–Crippen LogP) is 4.34. The Morgan fingerprint density at radius 3 is 2.63 bits per heavy atom. The molecule has 0 atom stereocenters. The maximum atomic E-state index is 13.1. The summed E-state index contributed by atoms with van der Waals surface area (Å²) in [7, 11) is 0. The van der Waals surface area contributed by atoms with Crippen molar-refractivity contribution in [1.29, 1.82) is 0 Å². The van der Waals surface area contributed by atoms with E-state index in [1.807, 2.05) is 19.9 Å². The number of aliphatic imine (C=N–C) groups is 1. The van der Waals surface area contributed by atoms with Gasteiger partial charge in [0, 0.05) is 67.2 Å². The van der Waals surface area contributed by atoms with Crippen molar-refractivity contribution in [3.63, 3.8) is 0 Å². The Morgan fingerprint density at radius 1 is 1.20 bits per heavy atom. The van der Waals surface area contributed by atoms with Gasteiger partial charge in [0.15, 0.2) is 0 Å². The van der Waals surface area contributed by atoms with Crippen LogP contribution in [0.3, 0.4) is 0 Å². The molecule has 1 spiro atoms. The second kappa shape index (κ2) is 9.76. The summed E-state index contributed by atoms with van der Waals surface area (Å²) in [6.07, 6.45) is 3.13. The van der Waals surface area contributed by atoms with E-state index in [2.05, 4.69) is 52.0 Å². The van der Waals surface area contributed by atoms with Crippen LogP contribution in [0.2, 0.25) is 0 Å². The fraction of sp³-hybridized carbons (Fsp3) is 0.481. The quantitative estimate of drug-likeness (QED) is 0.554. The highest BCUT2D eigenvalue weighted by Crippen LogP contribution is 2.43. The van der Waals surface area contributed by atoms with Crippen LogP contribution in [0.1, 0.15) is 42.0 Å². The van der Waals surface area contributed by atoms with E-state index >= 15 is 0 Å². The molecule has 2 aromatic rings. The first-order chi connectivity index (χ1) is 16.9. The van der Waals surface area contributed by atoms with Crippen molar-refractivity contribution in [3.8, 4) is 0 Å². The van der Waals surface area contributed by atoms with E-state index in [4.69, 9.17) is 10.6 Å². The predicted molar refractivity (Wildman–Crippen MR) is 143 cm³/mol. The highest BCUT2D eigenvalue weighted by Gasteiger charge is 2.51. The molecule has 7 nitrogen and oxygen atoms in total. The number of anilines is 1. The summed E-state index contributed by atoms with van der Waals surface area (Å²) in [5.41, 5.74) is 10.8. The number of amides is 1. The number of hydrogen-bond acceptors (Lipinski definition) is 7. The standard InChI is InChI=1S/C27H35N5O2S/c1-4-10-32(34-5-2)26(33)20-11-24-23(29-25(28)12-20)13-22(35-24)14-30-15-27(16-30)17-31(18-27)21-8-6-19(3)7-9-21/h6-9,11,13H,4-5,10,12,14-18H2,1-3H3,(H2,28,29). The van der Waals surface area contributed by atoms with Crippen LogP contribution in [0.25, 0.3) is 6.08 Å². The number of hydroxylamine groups is 2. The number of benzene rings is 1. The van der Waals surface area contributed by atoms with E-state index in [1.165, 1.54) is 21.2 Å². The van der Waals surface area contributed by atoms with Gasteiger partial charge in [0.25, 0.3) is 5.91 Å². The lowest BCUT2D eigenvalue weighted by Crippen LogP contribution is -2.71. The van der Waals surface area contributed by atoms with Crippen molar-refractivity contribution in [2.45, 2.75) is 40.2 Å². The maximum absolute atomic E-state index is 13.1. The SMILES string of the molecule is CCCN(OCC)C(=O)C1=Cc2sc(CN3CC4(C3)CN(c3ccc(C)cc3)C4)cc2N=C(N)C1. The third kappa shape index (κ3) is 5.01. The lowest BCUT2D eigenvalue weighted by atomic mass is 9.72. The topological polar surface area (TPSA) is 74.4 Å². The summed E-state index contributed by atoms with van der Waals surface area (Å²) >= 11 is 1.71. The van der Waals surface area contributed by atoms with Crippen LogP contribution >= 0.6 is 11.3 Å². The number of thiophene rings is 1. The summed E-state index contributed by atoms with van der Waals surface area (Å²) in [5, 5.41) is 1.46. The third-order valence-corrected chi connectivity index (χ3v) is 7.95. The van der Waals surface area contributed by atoms with Crippen LogP contribution < -0.4 is 10.6 Å². The number of fused-ring (bicyclic) bond motifs is 1. The van der Waals surface area contributed by atoms with Gasteiger partial charge in [-0.15, -0.1) is 11.3 Å². The van der Waals surface area contributed by atoms with Crippen LogP contribution in [0.4, 0.5) is 11.4 Å². The van der Waals surface area contributed by atoms with Crippen LogP contribution in [0.5, 0.6) is 0 Å². The van der Waals surface area contributed by atoms with Gasteiger partial charge in [-0.1, -0.05) is 24.6 Å². The van der Waals surface area contributed by atoms with Gasteiger partial charge in [0.05, 0.1) is 17.2 Å². The van der Waals surface area contributed by atoms with E-state index < -0.39 is 0 Å².